The maximum atomic E-state index is 12.6. The molecule has 0 aliphatic carbocycles. The first-order valence-corrected chi connectivity index (χ1v) is 8.98. The zero-order chi connectivity index (χ0) is 20.8. The molecule has 0 saturated heterocycles. The van der Waals surface area contributed by atoms with E-state index < -0.39 is 17.6 Å². The third-order valence-electron chi connectivity index (χ3n) is 4.50. The molecule has 148 valence electrons. The van der Waals surface area contributed by atoms with Crippen LogP contribution < -0.4 is 5.69 Å². The molecule has 0 bridgehead atoms. The van der Waals surface area contributed by atoms with Crippen molar-refractivity contribution < 1.29 is 13.2 Å². The van der Waals surface area contributed by atoms with Crippen LogP contribution in [0.5, 0.6) is 0 Å². The van der Waals surface area contributed by atoms with Crippen LogP contribution in [-0.4, -0.2) is 19.2 Å². The molecule has 0 radical (unpaired) electrons. The number of rotatable bonds is 3. The third-order valence-corrected chi connectivity index (χ3v) is 4.88. The standard InChI is InChI=1S/C20H14ClF3N4O/c1-12-2-5-14(6-3-12)15-8-9-27-18(17(15)21)26-28(19(27)29)11-13-4-7-16(25-10-13)20(22,23)24/h2-10H,11H2,1H3. The van der Waals surface area contributed by atoms with Gasteiger partial charge < -0.3 is 0 Å². The summed E-state index contributed by atoms with van der Waals surface area (Å²) in [6.45, 7) is 1.95. The van der Waals surface area contributed by atoms with Crippen molar-refractivity contribution in [3.05, 3.63) is 87.2 Å². The Hall–Kier alpha value is -3.13. The maximum Gasteiger partial charge on any atom is 0.433 e. The highest BCUT2D eigenvalue weighted by Crippen LogP contribution is 2.30. The van der Waals surface area contributed by atoms with E-state index in [-0.39, 0.29) is 12.2 Å². The summed E-state index contributed by atoms with van der Waals surface area (Å²) in [5.41, 5.74) is 1.97. The van der Waals surface area contributed by atoms with Gasteiger partial charge in [-0.2, -0.15) is 13.2 Å². The normalized spacial score (nSPS) is 11.9. The molecule has 0 aliphatic heterocycles. The first kappa shape index (κ1) is 19.2. The predicted molar refractivity (Wildman–Crippen MR) is 103 cm³/mol. The third kappa shape index (κ3) is 3.63. The Labute approximate surface area is 168 Å². The van der Waals surface area contributed by atoms with Gasteiger partial charge in [-0.25, -0.2) is 13.9 Å². The average molecular weight is 419 g/mol. The minimum absolute atomic E-state index is 0.0259. The van der Waals surface area contributed by atoms with Gasteiger partial charge in [0.15, 0.2) is 5.65 Å². The molecule has 4 rings (SSSR count). The molecule has 0 spiro atoms. The fourth-order valence-electron chi connectivity index (χ4n) is 2.96. The van der Waals surface area contributed by atoms with E-state index in [0.29, 0.717) is 10.6 Å². The number of aromatic nitrogens is 4. The molecule has 9 heteroatoms. The number of halogens is 4. The summed E-state index contributed by atoms with van der Waals surface area (Å²) in [6, 6.07) is 11.6. The lowest BCUT2D eigenvalue weighted by Gasteiger charge is -2.06. The lowest BCUT2D eigenvalue weighted by molar-refractivity contribution is -0.141. The fourth-order valence-corrected chi connectivity index (χ4v) is 3.27. The smallest absolute Gasteiger partial charge is 0.251 e. The molecule has 1 aromatic carbocycles. The van der Waals surface area contributed by atoms with E-state index in [2.05, 4.69) is 10.1 Å². The van der Waals surface area contributed by atoms with Gasteiger partial charge >= 0.3 is 11.9 Å². The van der Waals surface area contributed by atoms with Crippen molar-refractivity contribution in [3.63, 3.8) is 0 Å². The second-order valence-corrected chi connectivity index (χ2v) is 6.97. The van der Waals surface area contributed by atoms with Gasteiger partial charge in [-0.1, -0.05) is 47.5 Å². The Morgan fingerprint density at radius 1 is 1.07 bits per heavy atom. The van der Waals surface area contributed by atoms with Gasteiger partial charge in [-0.05, 0) is 30.2 Å². The van der Waals surface area contributed by atoms with Crippen LogP contribution in [-0.2, 0) is 12.7 Å². The second kappa shape index (κ2) is 7.04. The molecule has 3 aromatic heterocycles. The van der Waals surface area contributed by atoms with Crippen molar-refractivity contribution in [2.45, 2.75) is 19.6 Å². The lowest BCUT2D eigenvalue weighted by Crippen LogP contribution is -2.21. The zero-order valence-corrected chi connectivity index (χ0v) is 15.9. The Bertz CT molecular complexity index is 1240. The zero-order valence-electron chi connectivity index (χ0n) is 15.1. The fraction of sp³-hybridized carbons (Fsp3) is 0.150. The van der Waals surface area contributed by atoms with Crippen LogP contribution in [0.15, 0.2) is 59.7 Å². The highest BCUT2D eigenvalue weighted by atomic mass is 35.5. The lowest BCUT2D eigenvalue weighted by atomic mass is 10.1. The summed E-state index contributed by atoms with van der Waals surface area (Å²) in [6.07, 6.45) is -1.86. The molecule has 0 atom stereocenters. The molecule has 0 N–H and O–H groups in total. The summed E-state index contributed by atoms with van der Waals surface area (Å²) < 4.78 is 40.4. The van der Waals surface area contributed by atoms with E-state index in [1.54, 1.807) is 12.3 Å². The quantitative estimate of drug-likeness (QED) is 0.489. The molecule has 29 heavy (non-hydrogen) atoms. The van der Waals surface area contributed by atoms with E-state index in [4.69, 9.17) is 11.6 Å². The van der Waals surface area contributed by atoms with Crippen LogP contribution in [0.3, 0.4) is 0 Å². The molecule has 0 fully saturated rings. The number of alkyl halides is 3. The summed E-state index contributed by atoms with van der Waals surface area (Å²) in [4.78, 5) is 16.0. The van der Waals surface area contributed by atoms with Crippen LogP contribution in [0.25, 0.3) is 16.8 Å². The molecule has 0 unspecified atom stereocenters. The summed E-state index contributed by atoms with van der Waals surface area (Å²) in [5.74, 6) is 0. The van der Waals surface area contributed by atoms with Crippen LogP contribution in [0.1, 0.15) is 16.8 Å². The van der Waals surface area contributed by atoms with Crippen molar-refractivity contribution in [1.29, 1.82) is 0 Å². The Balaban J connectivity index is 1.71. The summed E-state index contributed by atoms with van der Waals surface area (Å²) in [7, 11) is 0. The summed E-state index contributed by atoms with van der Waals surface area (Å²) in [5, 5.41) is 4.58. The van der Waals surface area contributed by atoms with Gasteiger partial charge in [-0.15, -0.1) is 5.10 Å². The molecular weight excluding hydrogens is 405 g/mol. The number of hydrogen-bond acceptors (Lipinski definition) is 3. The van der Waals surface area contributed by atoms with Crippen molar-refractivity contribution in [3.8, 4) is 11.1 Å². The number of benzene rings is 1. The van der Waals surface area contributed by atoms with E-state index in [1.165, 1.54) is 10.5 Å². The average Bonchev–Trinajstić information content (AvgIpc) is 2.99. The molecule has 0 amide bonds. The first-order valence-electron chi connectivity index (χ1n) is 8.61. The minimum Gasteiger partial charge on any atom is -0.251 e. The highest BCUT2D eigenvalue weighted by Gasteiger charge is 2.32. The Morgan fingerprint density at radius 3 is 2.41 bits per heavy atom. The SMILES string of the molecule is Cc1ccc(-c2ccn3c(=O)n(Cc4ccc(C(F)(F)F)nc4)nc3c2Cl)cc1. The molecule has 0 aliphatic rings. The van der Waals surface area contributed by atoms with Crippen molar-refractivity contribution >= 4 is 17.2 Å². The Kier molecular flexibility index (Phi) is 4.66. The van der Waals surface area contributed by atoms with Crippen molar-refractivity contribution in [2.24, 2.45) is 0 Å². The van der Waals surface area contributed by atoms with Crippen LogP contribution in [0.4, 0.5) is 13.2 Å². The number of aryl methyl sites for hydroxylation is 1. The molecule has 5 nitrogen and oxygen atoms in total. The number of pyridine rings is 2. The maximum absolute atomic E-state index is 12.6. The molecule has 0 saturated carbocycles. The number of nitrogens with zero attached hydrogens (tertiary/aromatic N) is 4. The molecule has 4 aromatic rings. The first-order chi connectivity index (χ1) is 13.7. The van der Waals surface area contributed by atoms with E-state index >= 15 is 0 Å². The van der Waals surface area contributed by atoms with Crippen LogP contribution in [0, 0.1) is 6.92 Å². The van der Waals surface area contributed by atoms with Crippen molar-refractivity contribution in [1.82, 2.24) is 19.2 Å². The van der Waals surface area contributed by atoms with E-state index in [0.717, 1.165) is 33.6 Å². The van der Waals surface area contributed by atoms with Gasteiger partial charge in [0, 0.05) is 18.0 Å². The number of fused-ring (bicyclic) bond motifs is 1. The predicted octanol–water partition coefficient (Wildman–Crippen LogP) is 4.59. The summed E-state index contributed by atoms with van der Waals surface area (Å²) >= 11 is 6.50. The Morgan fingerprint density at radius 2 is 1.79 bits per heavy atom. The largest absolute Gasteiger partial charge is 0.433 e. The van der Waals surface area contributed by atoms with E-state index in [9.17, 15) is 18.0 Å². The van der Waals surface area contributed by atoms with Gasteiger partial charge in [-0.3, -0.25) is 4.98 Å². The van der Waals surface area contributed by atoms with Crippen LogP contribution in [0.2, 0.25) is 5.02 Å². The topological polar surface area (TPSA) is 52.2 Å². The van der Waals surface area contributed by atoms with Gasteiger partial charge in [0.2, 0.25) is 0 Å². The second-order valence-electron chi connectivity index (χ2n) is 6.59. The molecule has 3 heterocycles. The highest BCUT2D eigenvalue weighted by molar-refractivity contribution is 6.36. The van der Waals surface area contributed by atoms with Gasteiger partial charge in [0.1, 0.15) is 5.69 Å². The molecular formula is C20H14ClF3N4O. The number of hydrogen-bond donors (Lipinski definition) is 0. The van der Waals surface area contributed by atoms with Crippen LogP contribution >= 0.6 is 11.6 Å². The van der Waals surface area contributed by atoms with Gasteiger partial charge in [0.05, 0.1) is 11.6 Å². The van der Waals surface area contributed by atoms with E-state index in [1.807, 2.05) is 31.2 Å². The minimum atomic E-state index is -4.52. The van der Waals surface area contributed by atoms with Gasteiger partial charge in [0.25, 0.3) is 0 Å². The monoisotopic (exact) mass is 418 g/mol. The van der Waals surface area contributed by atoms with Crippen molar-refractivity contribution in [2.75, 3.05) is 0 Å².